The second kappa shape index (κ2) is 12.4. The number of imidazole rings is 1. The van der Waals surface area contributed by atoms with Crippen LogP contribution in [0.25, 0.3) is 17.2 Å². The van der Waals surface area contributed by atoms with Crippen LogP contribution in [0.5, 0.6) is 0 Å². The van der Waals surface area contributed by atoms with E-state index in [0.29, 0.717) is 42.1 Å². The van der Waals surface area contributed by atoms with E-state index < -0.39 is 12.3 Å². The number of aromatic nitrogens is 4. The molecule has 0 bridgehead atoms. The van der Waals surface area contributed by atoms with Crippen LogP contribution in [0.3, 0.4) is 0 Å². The number of urea groups is 1. The summed E-state index contributed by atoms with van der Waals surface area (Å²) in [5.41, 5.74) is 2.72. The maximum Gasteiger partial charge on any atom is 0.346 e. The lowest BCUT2D eigenvalue weighted by molar-refractivity contribution is -0.0586. The van der Waals surface area contributed by atoms with Crippen LogP contribution in [0, 0.1) is 5.92 Å². The van der Waals surface area contributed by atoms with Crippen LogP contribution >= 0.6 is 11.3 Å². The fourth-order valence-electron chi connectivity index (χ4n) is 5.50. The van der Waals surface area contributed by atoms with Gasteiger partial charge in [0.15, 0.2) is 23.3 Å². The van der Waals surface area contributed by atoms with Gasteiger partial charge in [-0.1, -0.05) is 36.4 Å². The number of carboxylic acid groups (broad SMARTS) is 1. The van der Waals surface area contributed by atoms with Crippen LogP contribution in [0.2, 0.25) is 0 Å². The number of thiophene rings is 1. The third-order valence-corrected chi connectivity index (χ3v) is 8.30. The number of carbonyl (C=O) groups is 2. The average molecular weight is 591 g/mol. The maximum absolute atomic E-state index is 12.1. The summed E-state index contributed by atoms with van der Waals surface area (Å²) < 4.78 is 20.8. The van der Waals surface area contributed by atoms with Crippen molar-refractivity contribution in [3.63, 3.8) is 0 Å². The van der Waals surface area contributed by atoms with E-state index >= 15 is 0 Å². The first kappa shape index (κ1) is 28.0. The molecule has 0 spiro atoms. The minimum absolute atomic E-state index is 0.0331. The molecule has 1 aromatic carbocycles. The smallest absolute Gasteiger partial charge is 0.346 e. The van der Waals surface area contributed by atoms with Gasteiger partial charge in [0, 0.05) is 18.0 Å². The summed E-state index contributed by atoms with van der Waals surface area (Å²) in [5, 5.41) is 16.6. The van der Waals surface area contributed by atoms with E-state index in [2.05, 4.69) is 25.6 Å². The van der Waals surface area contributed by atoms with E-state index in [4.69, 9.17) is 14.2 Å². The van der Waals surface area contributed by atoms with Gasteiger partial charge in [-0.25, -0.2) is 24.5 Å². The number of benzene rings is 1. The van der Waals surface area contributed by atoms with Gasteiger partial charge >= 0.3 is 12.0 Å². The molecule has 42 heavy (non-hydrogen) atoms. The summed E-state index contributed by atoms with van der Waals surface area (Å²) >= 11 is 1.18. The number of ether oxygens (including phenoxy) is 3. The van der Waals surface area contributed by atoms with Crippen molar-refractivity contribution in [1.82, 2.24) is 24.8 Å². The number of carbonyl (C=O) groups excluding carboxylic acids is 1. The standard InChI is InChI=1S/C29H30N6O6S/c1-2-30-29(38)34-26-22-27(32-15-31-26)35(16-33-22)20-12-19(14-39-13-18-10-11-42-25(18)28(36)37)23-24(20)41-21(40-23)9-8-17-6-4-3-5-7-17/h3-11,15-16,19-21,23-24H,2,12-14H2,1H3,(H,36,37)(H2,30,31,32,34,38)/t19?,20?,21-,23?,24?/m0/s1. The SMILES string of the molecule is CCNC(=O)Nc1ncnc2c1ncn2C1CC(COCc2ccsc2C(=O)O)C2O[C@H](C=Cc3ccccc3)OC21. The highest BCUT2D eigenvalue weighted by molar-refractivity contribution is 7.12. The van der Waals surface area contributed by atoms with Gasteiger partial charge in [-0.05, 0) is 36.4 Å². The molecule has 12 nitrogen and oxygen atoms in total. The lowest BCUT2D eigenvalue weighted by atomic mass is 10.1. The Morgan fingerprint density at radius 1 is 1.17 bits per heavy atom. The Balaban J connectivity index is 1.23. The summed E-state index contributed by atoms with van der Waals surface area (Å²) in [5.74, 6) is -0.675. The van der Waals surface area contributed by atoms with Gasteiger partial charge in [0.2, 0.25) is 0 Å². The summed E-state index contributed by atoms with van der Waals surface area (Å²) in [7, 11) is 0. The number of nitrogens with zero attached hydrogens (tertiary/aromatic N) is 4. The number of amides is 2. The molecule has 1 saturated carbocycles. The van der Waals surface area contributed by atoms with Crippen molar-refractivity contribution in [2.24, 2.45) is 5.92 Å². The zero-order valence-corrected chi connectivity index (χ0v) is 23.6. The molecule has 4 aromatic rings. The van der Waals surface area contributed by atoms with Gasteiger partial charge in [-0.15, -0.1) is 11.3 Å². The highest BCUT2D eigenvalue weighted by Gasteiger charge is 2.52. The minimum atomic E-state index is -0.958. The molecule has 6 rings (SSSR count). The second-order valence-electron chi connectivity index (χ2n) is 10.0. The molecule has 1 aliphatic heterocycles. The van der Waals surface area contributed by atoms with Crippen molar-refractivity contribution in [2.45, 2.75) is 44.5 Å². The molecule has 3 aromatic heterocycles. The number of hydrogen-bond donors (Lipinski definition) is 3. The fourth-order valence-corrected chi connectivity index (χ4v) is 6.25. The van der Waals surface area contributed by atoms with Crippen molar-refractivity contribution in [2.75, 3.05) is 18.5 Å². The van der Waals surface area contributed by atoms with E-state index in [1.807, 2.05) is 54.0 Å². The Hall–Kier alpha value is -4.17. The zero-order valence-electron chi connectivity index (χ0n) is 22.8. The van der Waals surface area contributed by atoms with Crippen LogP contribution in [-0.4, -0.2) is 68.3 Å². The van der Waals surface area contributed by atoms with Crippen molar-refractivity contribution in [3.05, 3.63) is 76.5 Å². The monoisotopic (exact) mass is 590 g/mol. The molecular weight excluding hydrogens is 560 g/mol. The van der Waals surface area contributed by atoms with Crippen LogP contribution in [0.4, 0.5) is 10.6 Å². The van der Waals surface area contributed by atoms with Crippen molar-refractivity contribution < 1.29 is 28.9 Å². The van der Waals surface area contributed by atoms with E-state index in [1.165, 1.54) is 17.7 Å². The maximum atomic E-state index is 12.1. The van der Waals surface area contributed by atoms with Crippen molar-refractivity contribution >= 4 is 46.4 Å². The largest absolute Gasteiger partial charge is 0.477 e. The molecule has 4 heterocycles. The van der Waals surface area contributed by atoms with Crippen LogP contribution in [0.15, 0.2) is 60.5 Å². The first-order chi connectivity index (χ1) is 20.5. The van der Waals surface area contributed by atoms with Gasteiger partial charge in [-0.2, -0.15) is 0 Å². The normalized spacial score (nSPS) is 23.4. The lowest BCUT2D eigenvalue weighted by Gasteiger charge is -2.19. The highest BCUT2D eigenvalue weighted by atomic mass is 32.1. The molecule has 1 aliphatic carbocycles. The summed E-state index contributed by atoms with van der Waals surface area (Å²) in [4.78, 5) is 37.2. The number of anilines is 1. The molecule has 1 saturated heterocycles. The third-order valence-electron chi connectivity index (χ3n) is 7.36. The van der Waals surface area contributed by atoms with Gasteiger partial charge < -0.3 is 29.2 Å². The highest BCUT2D eigenvalue weighted by Crippen LogP contribution is 2.45. The molecule has 3 N–H and O–H groups in total. The minimum Gasteiger partial charge on any atom is -0.477 e. The van der Waals surface area contributed by atoms with Crippen LogP contribution in [-0.2, 0) is 20.8 Å². The number of fused-ring (bicyclic) bond motifs is 2. The topological polar surface area (TPSA) is 150 Å². The van der Waals surface area contributed by atoms with E-state index in [9.17, 15) is 14.7 Å². The summed E-state index contributed by atoms with van der Waals surface area (Å²) in [6, 6.07) is 11.1. The molecule has 4 unspecified atom stereocenters. The quantitative estimate of drug-likeness (QED) is 0.245. The van der Waals surface area contributed by atoms with Gasteiger partial charge in [-0.3, -0.25) is 5.32 Å². The predicted octanol–water partition coefficient (Wildman–Crippen LogP) is 4.33. The molecule has 2 fully saturated rings. The Kier molecular flexibility index (Phi) is 8.24. The van der Waals surface area contributed by atoms with Crippen LogP contribution < -0.4 is 10.6 Å². The van der Waals surface area contributed by atoms with Crippen LogP contribution in [0.1, 0.15) is 40.2 Å². The van der Waals surface area contributed by atoms with E-state index in [-0.39, 0.29) is 41.7 Å². The van der Waals surface area contributed by atoms with Crippen molar-refractivity contribution in [3.8, 4) is 0 Å². The number of aromatic carboxylic acids is 1. The Bertz CT molecular complexity index is 1590. The second-order valence-corrected chi connectivity index (χ2v) is 10.9. The number of carboxylic acids is 1. The van der Waals surface area contributed by atoms with Gasteiger partial charge in [0.25, 0.3) is 0 Å². The zero-order chi connectivity index (χ0) is 29.1. The lowest BCUT2D eigenvalue weighted by Crippen LogP contribution is -2.29. The fraction of sp³-hybridized carbons (Fsp3) is 0.345. The molecule has 13 heteroatoms. The Morgan fingerprint density at radius 2 is 2.00 bits per heavy atom. The third kappa shape index (κ3) is 5.77. The first-order valence-electron chi connectivity index (χ1n) is 13.7. The Labute approximate surface area is 245 Å². The summed E-state index contributed by atoms with van der Waals surface area (Å²) in [6.07, 6.45) is 6.47. The average Bonchev–Trinajstić information content (AvgIpc) is 3.77. The molecular formula is C29H30N6O6S. The number of hydrogen-bond acceptors (Lipinski definition) is 9. The van der Waals surface area contributed by atoms with E-state index in [1.54, 1.807) is 17.8 Å². The number of nitrogens with one attached hydrogen (secondary N) is 2. The molecule has 5 atom stereocenters. The summed E-state index contributed by atoms with van der Waals surface area (Å²) in [6.45, 7) is 2.86. The first-order valence-corrected chi connectivity index (χ1v) is 14.5. The Morgan fingerprint density at radius 3 is 2.81 bits per heavy atom. The molecule has 0 radical (unpaired) electrons. The predicted molar refractivity (Wildman–Crippen MR) is 155 cm³/mol. The van der Waals surface area contributed by atoms with Gasteiger partial charge in [0.1, 0.15) is 17.3 Å². The molecule has 218 valence electrons. The van der Waals surface area contributed by atoms with Gasteiger partial charge in [0.05, 0.1) is 31.7 Å². The van der Waals surface area contributed by atoms with E-state index in [0.717, 1.165) is 5.56 Å². The molecule has 2 aliphatic rings. The number of rotatable bonds is 10. The van der Waals surface area contributed by atoms with Crippen molar-refractivity contribution in [1.29, 1.82) is 0 Å². The molecule has 2 amide bonds.